The van der Waals surface area contributed by atoms with Crippen LogP contribution in [0.25, 0.3) is 0 Å². The molecule has 1 saturated heterocycles. The summed E-state index contributed by atoms with van der Waals surface area (Å²) in [5, 5.41) is 7.53. The molecule has 0 bridgehead atoms. The Hall–Kier alpha value is -0.630. The molecule has 1 unspecified atom stereocenters. The first kappa shape index (κ1) is 19.4. The molecule has 0 radical (unpaired) electrons. The number of aliphatic imine (C=N–C) groups is 1. The molecule has 0 saturated carbocycles. The molecule has 124 valence electrons. The number of guanidine groups is 1. The van der Waals surface area contributed by atoms with Crippen LogP contribution in [0.3, 0.4) is 0 Å². The molecule has 1 aromatic rings. The van der Waals surface area contributed by atoms with Gasteiger partial charge in [0.2, 0.25) is 0 Å². The van der Waals surface area contributed by atoms with Gasteiger partial charge in [-0.3, -0.25) is 4.99 Å². The molecule has 0 aromatic heterocycles. The Morgan fingerprint density at radius 1 is 1.27 bits per heavy atom. The Morgan fingerprint density at radius 3 is 2.55 bits per heavy atom. The highest BCUT2D eigenvalue weighted by Crippen LogP contribution is 2.25. The lowest BCUT2D eigenvalue weighted by Gasteiger charge is -2.16. The average molecular weight is 434 g/mol. The van der Waals surface area contributed by atoms with Crippen LogP contribution >= 0.6 is 35.7 Å². The van der Waals surface area contributed by atoms with Gasteiger partial charge in [-0.2, -0.15) is 11.8 Å². The fourth-order valence-corrected chi connectivity index (χ4v) is 3.54. The first-order valence-corrected chi connectivity index (χ1v) is 8.56. The third-order valence-corrected chi connectivity index (χ3v) is 5.06. The lowest BCUT2D eigenvalue weighted by Crippen LogP contribution is -2.39. The molecule has 1 fully saturated rings. The summed E-state index contributed by atoms with van der Waals surface area (Å²) in [6, 6.07) is 8.59. The van der Waals surface area contributed by atoms with Crippen molar-refractivity contribution in [3.8, 4) is 0 Å². The summed E-state index contributed by atoms with van der Waals surface area (Å²) < 4.78 is 0. The fraction of sp³-hybridized carbons (Fsp3) is 0.562. The Bertz CT molecular complexity index is 456. The highest BCUT2D eigenvalue weighted by molar-refractivity contribution is 14.0. The van der Waals surface area contributed by atoms with Crippen LogP contribution in [-0.2, 0) is 6.54 Å². The maximum Gasteiger partial charge on any atom is 0.191 e. The minimum atomic E-state index is 0. The van der Waals surface area contributed by atoms with Crippen LogP contribution in [0.15, 0.2) is 29.3 Å². The molecular weight excluding hydrogens is 407 g/mol. The van der Waals surface area contributed by atoms with Gasteiger partial charge in [0.05, 0.1) is 0 Å². The predicted molar refractivity (Wildman–Crippen MR) is 110 cm³/mol. The second-order valence-electron chi connectivity index (χ2n) is 5.50. The maximum absolute atomic E-state index is 4.29. The Kier molecular flexibility index (Phi) is 9.00. The zero-order chi connectivity index (χ0) is 15.1. The number of hydrogen-bond donors (Lipinski definition) is 2. The van der Waals surface area contributed by atoms with Crippen molar-refractivity contribution in [1.29, 1.82) is 0 Å². The highest BCUT2D eigenvalue weighted by Gasteiger charge is 2.15. The predicted octanol–water partition coefficient (Wildman–Crippen LogP) is 2.93. The highest BCUT2D eigenvalue weighted by atomic mass is 127. The lowest BCUT2D eigenvalue weighted by molar-refractivity contribution is 0.726. The number of thioether (sulfide) groups is 1. The van der Waals surface area contributed by atoms with Crippen molar-refractivity contribution in [3.63, 3.8) is 0 Å². The van der Waals surface area contributed by atoms with E-state index in [-0.39, 0.29) is 24.0 Å². The number of benzene rings is 1. The summed E-state index contributed by atoms with van der Waals surface area (Å²) in [6.45, 7) is 1.80. The minimum absolute atomic E-state index is 0. The van der Waals surface area contributed by atoms with Gasteiger partial charge in [-0.05, 0) is 36.3 Å². The molecule has 1 atom stereocenters. The fourth-order valence-electron chi connectivity index (χ4n) is 2.33. The summed E-state index contributed by atoms with van der Waals surface area (Å²) in [4.78, 5) is 6.39. The molecule has 6 heteroatoms. The molecule has 2 N–H and O–H groups in total. The van der Waals surface area contributed by atoms with E-state index in [9.17, 15) is 0 Å². The molecule has 1 heterocycles. The second kappa shape index (κ2) is 10.2. The van der Waals surface area contributed by atoms with Gasteiger partial charge in [0.1, 0.15) is 0 Å². The SMILES string of the molecule is CN=C(NCc1ccc(N(C)C)cc1)NCC1CCCS1.I. The number of rotatable bonds is 5. The Morgan fingerprint density at radius 2 is 2.00 bits per heavy atom. The van der Waals surface area contributed by atoms with Gasteiger partial charge in [0.25, 0.3) is 0 Å². The van der Waals surface area contributed by atoms with E-state index in [0.717, 1.165) is 24.3 Å². The van der Waals surface area contributed by atoms with Crippen LogP contribution in [0.1, 0.15) is 18.4 Å². The third kappa shape index (κ3) is 6.24. The van der Waals surface area contributed by atoms with Crippen molar-refractivity contribution in [3.05, 3.63) is 29.8 Å². The summed E-state index contributed by atoms with van der Waals surface area (Å²) in [5.41, 5.74) is 2.48. The number of nitrogens with zero attached hydrogens (tertiary/aromatic N) is 2. The van der Waals surface area contributed by atoms with Gasteiger partial charge in [-0.1, -0.05) is 12.1 Å². The van der Waals surface area contributed by atoms with Gasteiger partial charge in [0.15, 0.2) is 5.96 Å². The van der Waals surface area contributed by atoms with E-state index in [2.05, 4.69) is 70.6 Å². The number of anilines is 1. The van der Waals surface area contributed by atoms with Crippen LogP contribution < -0.4 is 15.5 Å². The molecule has 2 rings (SSSR count). The summed E-state index contributed by atoms with van der Waals surface area (Å²) in [7, 11) is 5.94. The van der Waals surface area contributed by atoms with E-state index in [1.165, 1.54) is 29.8 Å². The van der Waals surface area contributed by atoms with Gasteiger partial charge in [-0.25, -0.2) is 0 Å². The van der Waals surface area contributed by atoms with E-state index in [4.69, 9.17) is 0 Å². The van der Waals surface area contributed by atoms with Crippen molar-refractivity contribution < 1.29 is 0 Å². The number of halogens is 1. The van der Waals surface area contributed by atoms with Crippen molar-refractivity contribution in [2.24, 2.45) is 4.99 Å². The zero-order valence-corrected chi connectivity index (χ0v) is 16.8. The van der Waals surface area contributed by atoms with Gasteiger partial charge < -0.3 is 15.5 Å². The molecule has 1 aliphatic rings. The van der Waals surface area contributed by atoms with E-state index < -0.39 is 0 Å². The normalized spacial score (nSPS) is 17.8. The molecule has 0 spiro atoms. The van der Waals surface area contributed by atoms with E-state index in [1.807, 2.05) is 7.05 Å². The van der Waals surface area contributed by atoms with Crippen molar-refractivity contribution in [2.75, 3.05) is 38.3 Å². The first-order chi connectivity index (χ1) is 10.2. The topological polar surface area (TPSA) is 39.7 Å². The van der Waals surface area contributed by atoms with Crippen LogP contribution in [-0.4, -0.2) is 44.7 Å². The van der Waals surface area contributed by atoms with Crippen molar-refractivity contribution in [2.45, 2.75) is 24.6 Å². The largest absolute Gasteiger partial charge is 0.378 e. The lowest BCUT2D eigenvalue weighted by atomic mass is 10.2. The van der Waals surface area contributed by atoms with Gasteiger partial charge >= 0.3 is 0 Å². The van der Waals surface area contributed by atoms with Crippen LogP contribution in [0.2, 0.25) is 0 Å². The van der Waals surface area contributed by atoms with Gasteiger partial charge in [-0.15, -0.1) is 24.0 Å². The van der Waals surface area contributed by atoms with E-state index in [1.54, 1.807) is 0 Å². The minimum Gasteiger partial charge on any atom is -0.378 e. The molecular formula is C16H27IN4S. The Labute approximate surface area is 155 Å². The van der Waals surface area contributed by atoms with Crippen molar-refractivity contribution >= 4 is 47.4 Å². The number of hydrogen-bond acceptors (Lipinski definition) is 3. The third-order valence-electron chi connectivity index (χ3n) is 3.66. The maximum atomic E-state index is 4.29. The van der Waals surface area contributed by atoms with E-state index >= 15 is 0 Å². The van der Waals surface area contributed by atoms with Crippen LogP contribution in [0.4, 0.5) is 5.69 Å². The molecule has 0 amide bonds. The average Bonchev–Trinajstić information content (AvgIpc) is 3.01. The molecule has 1 aliphatic heterocycles. The molecule has 4 nitrogen and oxygen atoms in total. The monoisotopic (exact) mass is 434 g/mol. The quantitative estimate of drug-likeness (QED) is 0.425. The molecule has 22 heavy (non-hydrogen) atoms. The molecule has 1 aromatic carbocycles. The van der Waals surface area contributed by atoms with Crippen LogP contribution in [0, 0.1) is 0 Å². The summed E-state index contributed by atoms with van der Waals surface area (Å²) in [6.07, 6.45) is 2.67. The van der Waals surface area contributed by atoms with E-state index in [0.29, 0.717) is 0 Å². The standard InChI is InChI=1S/C16H26N4S.HI/c1-17-16(19-12-15-5-4-10-21-15)18-11-13-6-8-14(9-7-13)20(2)3;/h6-9,15H,4-5,10-12H2,1-3H3,(H2,17,18,19);1H. The van der Waals surface area contributed by atoms with Gasteiger partial charge in [0, 0.05) is 45.2 Å². The molecule has 0 aliphatic carbocycles. The Balaban J connectivity index is 0.00000242. The van der Waals surface area contributed by atoms with Crippen LogP contribution in [0.5, 0.6) is 0 Å². The first-order valence-electron chi connectivity index (χ1n) is 7.51. The second-order valence-corrected chi connectivity index (χ2v) is 6.91. The summed E-state index contributed by atoms with van der Waals surface area (Å²) in [5.74, 6) is 2.19. The summed E-state index contributed by atoms with van der Waals surface area (Å²) >= 11 is 2.06. The zero-order valence-electron chi connectivity index (χ0n) is 13.6. The smallest absolute Gasteiger partial charge is 0.191 e. The number of nitrogens with one attached hydrogen (secondary N) is 2. The van der Waals surface area contributed by atoms with Crippen molar-refractivity contribution in [1.82, 2.24) is 10.6 Å².